The Labute approximate surface area is 198 Å². The molecular formula is C22H21Cl2F2N4O3+. The smallest absolute Gasteiger partial charge is 0.353 e. The van der Waals surface area contributed by atoms with Crippen LogP contribution in [-0.2, 0) is 17.1 Å². The first kappa shape index (κ1) is 24.5. The van der Waals surface area contributed by atoms with Gasteiger partial charge in [0.05, 0.1) is 23.2 Å². The number of hydrogen-bond donors (Lipinski definition) is 3. The number of aromatic nitrogens is 2. The lowest BCUT2D eigenvalue weighted by Gasteiger charge is -2.16. The highest BCUT2D eigenvalue weighted by Gasteiger charge is 2.41. The van der Waals surface area contributed by atoms with Crippen LogP contribution in [0.5, 0.6) is 0 Å². The molecule has 1 amide bonds. The quantitative estimate of drug-likeness (QED) is 0.343. The summed E-state index contributed by atoms with van der Waals surface area (Å²) in [6.45, 7) is 0.709. The van der Waals surface area contributed by atoms with Crippen molar-refractivity contribution in [3.8, 4) is 0 Å². The van der Waals surface area contributed by atoms with Gasteiger partial charge >= 0.3 is 11.6 Å². The topological polar surface area (TPSA) is 90.7 Å². The van der Waals surface area contributed by atoms with Gasteiger partial charge in [-0.25, -0.2) is 0 Å². The zero-order valence-electron chi connectivity index (χ0n) is 17.4. The van der Waals surface area contributed by atoms with Crippen molar-refractivity contribution >= 4 is 29.1 Å². The van der Waals surface area contributed by atoms with E-state index in [-0.39, 0.29) is 28.7 Å². The van der Waals surface area contributed by atoms with Crippen molar-refractivity contribution in [1.29, 1.82) is 0 Å². The second kappa shape index (κ2) is 10.2. The molecule has 0 radical (unpaired) electrons. The summed E-state index contributed by atoms with van der Waals surface area (Å²) in [5.41, 5.74) is -0.132. The molecule has 0 fully saturated rings. The molecule has 174 valence electrons. The number of carbonyl (C=O) groups is 1. The van der Waals surface area contributed by atoms with E-state index in [0.29, 0.717) is 14.5 Å². The Morgan fingerprint density at radius 1 is 1.21 bits per heavy atom. The summed E-state index contributed by atoms with van der Waals surface area (Å²) < 4.78 is 29.8. The normalized spacial score (nSPS) is 13.1. The maximum Gasteiger partial charge on any atom is 0.353 e. The van der Waals surface area contributed by atoms with E-state index < -0.39 is 24.1 Å². The third-order valence-electron chi connectivity index (χ3n) is 4.83. The van der Waals surface area contributed by atoms with Crippen molar-refractivity contribution < 1.29 is 28.7 Å². The summed E-state index contributed by atoms with van der Waals surface area (Å²) in [5, 5.41) is 23.4. The van der Waals surface area contributed by atoms with Gasteiger partial charge in [-0.2, -0.15) is 13.5 Å². The molecule has 0 bridgehead atoms. The Bertz CT molecular complexity index is 1230. The molecule has 2 heterocycles. The van der Waals surface area contributed by atoms with Crippen LogP contribution in [0, 0.1) is 0 Å². The second-order valence-electron chi connectivity index (χ2n) is 7.27. The Kier molecular flexibility index (Phi) is 7.55. The summed E-state index contributed by atoms with van der Waals surface area (Å²) >= 11 is 12.1. The van der Waals surface area contributed by atoms with Gasteiger partial charge in [-0.15, -0.1) is 0 Å². The van der Waals surface area contributed by atoms with E-state index in [4.69, 9.17) is 23.2 Å². The number of halogens is 4. The van der Waals surface area contributed by atoms with Crippen LogP contribution in [0.25, 0.3) is 0 Å². The van der Waals surface area contributed by atoms with E-state index in [0.717, 1.165) is 17.8 Å². The molecule has 33 heavy (non-hydrogen) atoms. The van der Waals surface area contributed by atoms with Crippen LogP contribution in [0.2, 0.25) is 10.0 Å². The predicted molar refractivity (Wildman–Crippen MR) is 116 cm³/mol. The Balaban J connectivity index is 1.79. The van der Waals surface area contributed by atoms with Gasteiger partial charge in [-0.05, 0) is 42.8 Å². The zero-order chi connectivity index (χ0) is 24.2. The molecule has 0 saturated heterocycles. The first-order chi connectivity index (χ1) is 15.6. The minimum Gasteiger partial charge on any atom is -0.427 e. The number of nitrogens with zero attached hydrogens (tertiary/aromatic N) is 3. The van der Waals surface area contributed by atoms with Crippen molar-refractivity contribution in [3.63, 3.8) is 0 Å². The predicted octanol–water partition coefficient (Wildman–Crippen LogP) is 3.67. The second-order valence-corrected chi connectivity index (χ2v) is 8.11. The Hall–Kier alpha value is -3.17. The molecule has 3 N–H and O–H groups in total. The average Bonchev–Trinajstić information content (AvgIpc) is 2.76. The van der Waals surface area contributed by atoms with Crippen LogP contribution in [0.1, 0.15) is 29.9 Å². The molecule has 2 aromatic heterocycles. The lowest BCUT2D eigenvalue weighted by Crippen LogP contribution is -2.42. The molecule has 1 aromatic carbocycles. The Morgan fingerprint density at radius 3 is 2.67 bits per heavy atom. The van der Waals surface area contributed by atoms with Gasteiger partial charge in [0.15, 0.2) is 5.49 Å². The molecule has 1 atom stereocenters. The third-order valence-corrected chi connectivity index (χ3v) is 5.41. The van der Waals surface area contributed by atoms with Crippen molar-refractivity contribution in [3.05, 3.63) is 93.3 Å². The van der Waals surface area contributed by atoms with Crippen LogP contribution in [0.15, 0.2) is 65.8 Å². The highest BCUT2D eigenvalue weighted by atomic mass is 35.5. The third kappa shape index (κ3) is 6.00. The molecule has 0 aliphatic carbocycles. The summed E-state index contributed by atoms with van der Waals surface area (Å²) in [5.74, 6) is -3.98. The molecular weight excluding hydrogens is 477 g/mol. The van der Waals surface area contributed by atoms with E-state index in [1.54, 1.807) is 31.2 Å². The molecule has 7 nitrogen and oxygen atoms in total. The van der Waals surface area contributed by atoms with Gasteiger partial charge in [0.1, 0.15) is 6.54 Å². The molecule has 0 saturated carbocycles. The minimum absolute atomic E-state index is 0.0195. The minimum atomic E-state index is -3.52. The number of hydrogen-bond acceptors (Lipinski definition) is 4. The molecule has 3 rings (SSSR count). The van der Waals surface area contributed by atoms with Gasteiger partial charge < -0.3 is 10.5 Å². The van der Waals surface area contributed by atoms with Gasteiger partial charge in [-0.1, -0.05) is 35.3 Å². The van der Waals surface area contributed by atoms with E-state index in [1.807, 2.05) is 0 Å². The monoisotopic (exact) mass is 497 g/mol. The fraction of sp³-hybridized carbons (Fsp3) is 0.227. The summed E-state index contributed by atoms with van der Waals surface area (Å²) in [6.07, 6.45) is 0.744. The fourth-order valence-corrected chi connectivity index (χ4v) is 3.53. The highest BCUT2D eigenvalue weighted by molar-refractivity contribution is 6.31. The van der Waals surface area contributed by atoms with Crippen molar-refractivity contribution in [2.45, 2.75) is 25.3 Å². The standard InChI is InChI=1S/C22H20Cl2F2N4O3/c1-14(15-5-4-6-16(23)11-15)28-21(31)12-18-17(24)8-9-20(30(18)33)27-13-22(25,26)19-7-2-3-10-29(19)32/h2-11,14,33H,12-13H2,1H3,(H-,28,31,32)/p+1/t14-/m1/s1. The SMILES string of the molecule is C[C@@H](NC(=O)Cc1c(Cl)ccc(=NCC(F)(F)c2cccc[n+]2O)n1O)c1cccc(Cl)c1. The molecule has 0 spiro atoms. The zero-order valence-corrected chi connectivity index (χ0v) is 18.9. The fourth-order valence-electron chi connectivity index (χ4n) is 3.12. The summed E-state index contributed by atoms with van der Waals surface area (Å²) in [7, 11) is 0. The summed E-state index contributed by atoms with van der Waals surface area (Å²) in [4.78, 5) is 16.3. The number of amides is 1. The molecule has 0 aliphatic heterocycles. The van der Waals surface area contributed by atoms with Gasteiger partial charge in [0.25, 0.3) is 0 Å². The number of carbonyl (C=O) groups excluding carboxylic acids is 1. The van der Waals surface area contributed by atoms with E-state index in [2.05, 4.69) is 10.3 Å². The van der Waals surface area contributed by atoms with Crippen LogP contribution in [0.3, 0.4) is 0 Å². The highest BCUT2D eigenvalue weighted by Crippen LogP contribution is 2.25. The average molecular weight is 498 g/mol. The van der Waals surface area contributed by atoms with Gasteiger partial charge in [-0.3, -0.25) is 15.0 Å². The van der Waals surface area contributed by atoms with Crippen LogP contribution < -0.4 is 15.5 Å². The first-order valence-corrected chi connectivity index (χ1v) is 10.6. The van der Waals surface area contributed by atoms with Gasteiger partial charge in [0.2, 0.25) is 12.1 Å². The van der Waals surface area contributed by atoms with E-state index >= 15 is 0 Å². The van der Waals surface area contributed by atoms with Crippen molar-refractivity contribution in [2.75, 3.05) is 6.54 Å². The lowest BCUT2D eigenvalue weighted by molar-refractivity contribution is -0.913. The lowest BCUT2D eigenvalue weighted by atomic mass is 10.1. The van der Waals surface area contributed by atoms with Crippen molar-refractivity contribution in [2.24, 2.45) is 4.99 Å². The number of pyridine rings is 2. The Morgan fingerprint density at radius 2 is 1.97 bits per heavy atom. The molecule has 0 unspecified atom stereocenters. The first-order valence-electron chi connectivity index (χ1n) is 9.81. The molecule has 11 heteroatoms. The number of rotatable bonds is 7. The van der Waals surface area contributed by atoms with Gasteiger partial charge in [0, 0.05) is 21.9 Å². The van der Waals surface area contributed by atoms with Crippen LogP contribution >= 0.6 is 23.2 Å². The maximum atomic E-state index is 14.5. The van der Waals surface area contributed by atoms with E-state index in [9.17, 15) is 24.0 Å². The maximum absolute atomic E-state index is 14.5. The number of benzene rings is 1. The van der Waals surface area contributed by atoms with Crippen LogP contribution in [0.4, 0.5) is 8.78 Å². The largest absolute Gasteiger partial charge is 0.427 e. The molecule has 3 aromatic rings. The number of nitrogens with one attached hydrogen (secondary N) is 1. The summed E-state index contributed by atoms with van der Waals surface area (Å²) in [6, 6.07) is 13.0. The molecule has 0 aliphatic rings. The van der Waals surface area contributed by atoms with Crippen LogP contribution in [-0.4, -0.2) is 27.6 Å². The van der Waals surface area contributed by atoms with E-state index in [1.165, 1.54) is 24.3 Å². The van der Waals surface area contributed by atoms with Crippen molar-refractivity contribution in [1.82, 2.24) is 10.0 Å². The number of alkyl halides is 2.